The van der Waals surface area contributed by atoms with Gasteiger partial charge in [0.15, 0.2) is 5.84 Å². The molecule has 0 radical (unpaired) electrons. The third kappa shape index (κ3) is 3.53. The SMILES string of the molecule is CCCCN(CC)c1ccc(C(N)=NO)c(Cl)c1. The van der Waals surface area contributed by atoms with E-state index in [1.54, 1.807) is 6.07 Å². The molecular formula is C13H20ClN3O. The van der Waals surface area contributed by atoms with Crippen molar-refractivity contribution in [1.29, 1.82) is 0 Å². The number of benzene rings is 1. The quantitative estimate of drug-likeness (QED) is 0.361. The number of anilines is 1. The topological polar surface area (TPSA) is 61.8 Å². The monoisotopic (exact) mass is 269 g/mol. The maximum Gasteiger partial charge on any atom is 0.171 e. The smallest absolute Gasteiger partial charge is 0.171 e. The van der Waals surface area contributed by atoms with Gasteiger partial charge in [0.1, 0.15) is 0 Å². The van der Waals surface area contributed by atoms with Crippen molar-refractivity contribution in [3.05, 3.63) is 28.8 Å². The van der Waals surface area contributed by atoms with Gasteiger partial charge in [-0.2, -0.15) is 0 Å². The van der Waals surface area contributed by atoms with Gasteiger partial charge in [-0.15, -0.1) is 0 Å². The molecule has 0 amide bonds. The summed E-state index contributed by atoms with van der Waals surface area (Å²) in [5, 5.41) is 12.1. The average Bonchev–Trinajstić information content (AvgIpc) is 2.39. The fourth-order valence-corrected chi connectivity index (χ4v) is 2.05. The van der Waals surface area contributed by atoms with Crippen molar-refractivity contribution >= 4 is 23.1 Å². The van der Waals surface area contributed by atoms with Crippen LogP contribution in [0.15, 0.2) is 23.4 Å². The molecule has 0 aliphatic carbocycles. The first-order chi connectivity index (χ1) is 8.63. The highest BCUT2D eigenvalue weighted by molar-refractivity contribution is 6.34. The summed E-state index contributed by atoms with van der Waals surface area (Å²) in [6.45, 7) is 6.22. The van der Waals surface area contributed by atoms with Crippen LogP contribution in [-0.4, -0.2) is 24.1 Å². The number of rotatable bonds is 6. The van der Waals surface area contributed by atoms with Crippen molar-refractivity contribution in [2.45, 2.75) is 26.7 Å². The molecule has 0 saturated carbocycles. The minimum absolute atomic E-state index is 0.0307. The zero-order valence-electron chi connectivity index (χ0n) is 10.9. The first-order valence-electron chi connectivity index (χ1n) is 6.16. The van der Waals surface area contributed by atoms with Gasteiger partial charge in [-0.1, -0.05) is 30.1 Å². The maximum atomic E-state index is 8.65. The molecule has 0 atom stereocenters. The highest BCUT2D eigenvalue weighted by Crippen LogP contribution is 2.24. The second-order valence-corrected chi connectivity index (χ2v) is 4.49. The zero-order valence-corrected chi connectivity index (χ0v) is 11.6. The molecule has 0 unspecified atom stereocenters. The molecule has 1 aromatic carbocycles. The molecule has 0 fully saturated rings. The van der Waals surface area contributed by atoms with Gasteiger partial charge in [0.25, 0.3) is 0 Å². The molecule has 18 heavy (non-hydrogen) atoms. The molecule has 0 aliphatic heterocycles. The van der Waals surface area contributed by atoms with E-state index in [2.05, 4.69) is 23.9 Å². The second kappa shape index (κ2) is 7.11. The predicted octanol–water partition coefficient (Wildman–Crippen LogP) is 3.06. The standard InChI is InChI=1S/C13H20ClN3O/c1-3-5-8-17(4-2)10-6-7-11(12(14)9-10)13(15)16-18/h6-7,9,18H,3-5,8H2,1-2H3,(H2,15,16). The summed E-state index contributed by atoms with van der Waals surface area (Å²) in [4.78, 5) is 2.26. The van der Waals surface area contributed by atoms with Gasteiger partial charge in [-0.05, 0) is 31.5 Å². The van der Waals surface area contributed by atoms with Crippen LogP contribution in [0.4, 0.5) is 5.69 Å². The van der Waals surface area contributed by atoms with E-state index < -0.39 is 0 Å². The van der Waals surface area contributed by atoms with Gasteiger partial charge in [-0.3, -0.25) is 0 Å². The van der Waals surface area contributed by atoms with E-state index in [0.717, 1.165) is 31.6 Å². The van der Waals surface area contributed by atoms with Crippen molar-refractivity contribution in [3.63, 3.8) is 0 Å². The lowest BCUT2D eigenvalue weighted by molar-refractivity contribution is 0.318. The summed E-state index contributed by atoms with van der Waals surface area (Å²) in [5.74, 6) is 0.0307. The Morgan fingerprint density at radius 1 is 1.44 bits per heavy atom. The summed E-state index contributed by atoms with van der Waals surface area (Å²) >= 11 is 6.14. The fraction of sp³-hybridized carbons (Fsp3) is 0.462. The van der Waals surface area contributed by atoms with Crippen LogP contribution in [0.2, 0.25) is 5.02 Å². The van der Waals surface area contributed by atoms with E-state index in [1.165, 1.54) is 0 Å². The highest BCUT2D eigenvalue weighted by Gasteiger charge is 2.09. The first kappa shape index (κ1) is 14.6. The third-order valence-electron chi connectivity index (χ3n) is 2.86. The number of hydrogen-bond acceptors (Lipinski definition) is 3. The van der Waals surface area contributed by atoms with Gasteiger partial charge >= 0.3 is 0 Å². The minimum atomic E-state index is 0.0307. The molecule has 1 aromatic rings. The van der Waals surface area contributed by atoms with Gasteiger partial charge in [0.2, 0.25) is 0 Å². The van der Waals surface area contributed by atoms with Crippen LogP contribution >= 0.6 is 11.6 Å². The van der Waals surface area contributed by atoms with Crippen LogP contribution in [0.25, 0.3) is 0 Å². The first-order valence-corrected chi connectivity index (χ1v) is 6.54. The lowest BCUT2D eigenvalue weighted by Crippen LogP contribution is -2.24. The van der Waals surface area contributed by atoms with Crippen LogP contribution < -0.4 is 10.6 Å². The number of nitrogens with two attached hydrogens (primary N) is 1. The van der Waals surface area contributed by atoms with Crippen LogP contribution in [0.3, 0.4) is 0 Å². The van der Waals surface area contributed by atoms with Gasteiger partial charge in [-0.25, -0.2) is 0 Å². The van der Waals surface area contributed by atoms with Crippen LogP contribution in [0, 0.1) is 0 Å². The van der Waals surface area contributed by atoms with Gasteiger partial charge in [0.05, 0.1) is 5.02 Å². The summed E-state index contributed by atoms with van der Waals surface area (Å²) in [6, 6.07) is 5.58. The average molecular weight is 270 g/mol. The Bertz CT molecular complexity index is 421. The van der Waals surface area contributed by atoms with Crippen molar-refractivity contribution in [2.24, 2.45) is 10.9 Å². The van der Waals surface area contributed by atoms with Crippen molar-refractivity contribution in [3.8, 4) is 0 Å². The summed E-state index contributed by atoms with van der Waals surface area (Å²) in [6.07, 6.45) is 2.31. The number of halogens is 1. The summed E-state index contributed by atoms with van der Waals surface area (Å²) in [7, 11) is 0. The van der Waals surface area contributed by atoms with E-state index >= 15 is 0 Å². The molecular weight excluding hydrogens is 250 g/mol. The lowest BCUT2D eigenvalue weighted by atomic mass is 10.1. The molecule has 0 heterocycles. The molecule has 5 heteroatoms. The van der Waals surface area contributed by atoms with E-state index in [1.807, 2.05) is 12.1 Å². The molecule has 0 saturated heterocycles. The Morgan fingerprint density at radius 3 is 2.67 bits per heavy atom. The van der Waals surface area contributed by atoms with Crippen molar-refractivity contribution in [2.75, 3.05) is 18.0 Å². The Kier molecular flexibility index (Phi) is 5.78. The van der Waals surface area contributed by atoms with Crippen LogP contribution in [-0.2, 0) is 0 Å². The van der Waals surface area contributed by atoms with E-state index in [-0.39, 0.29) is 5.84 Å². The molecule has 1 rings (SSSR count). The summed E-state index contributed by atoms with van der Waals surface area (Å²) < 4.78 is 0. The number of unbranched alkanes of at least 4 members (excludes halogenated alkanes) is 1. The van der Waals surface area contributed by atoms with Gasteiger partial charge in [0, 0.05) is 24.3 Å². The maximum absolute atomic E-state index is 8.65. The number of oxime groups is 1. The normalized spacial score (nSPS) is 11.6. The van der Waals surface area contributed by atoms with Crippen molar-refractivity contribution < 1.29 is 5.21 Å². The Hall–Kier alpha value is -1.42. The van der Waals surface area contributed by atoms with E-state index in [9.17, 15) is 0 Å². The Balaban J connectivity index is 2.95. The van der Waals surface area contributed by atoms with Crippen molar-refractivity contribution in [1.82, 2.24) is 0 Å². The van der Waals surface area contributed by atoms with E-state index in [4.69, 9.17) is 22.5 Å². The number of hydrogen-bond donors (Lipinski definition) is 2. The van der Waals surface area contributed by atoms with Crippen LogP contribution in [0.1, 0.15) is 32.3 Å². The second-order valence-electron chi connectivity index (χ2n) is 4.08. The van der Waals surface area contributed by atoms with Crippen LogP contribution in [0.5, 0.6) is 0 Å². The molecule has 0 spiro atoms. The molecule has 3 N–H and O–H groups in total. The highest BCUT2D eigenvalue weighted by atomic mass is 35.5. The Labute approximate surface area is 113 Å². The molecule has 0 aromatic heterocycles. The number of nitrogens with zero attached hydrogens (tertiary/aromatic N) is 2. The largest absolute Gasteiger partial charge is 0.409 e. The van der Waals surface area contributed by atoms with E-state index in [0.29, 0.717) is 10.6 Å². The predicted molar refractivity (Wildman–Crippen MR) is 76.8 cm³/mol. The lowest BCUT2D eigenvalue weighted by Gasteiger charge is -2.23. The molecule has 0 aliphatic rings. The third-order valence-corrected chi connectivity index (χ3v) is 3.18. The fourth-order valence-electron chi connectivity index (χ4n) is 1.78. The Morgan fingerprint density at radius 2 is 2.17 bits per heavy atom. The molecule has 100 valence electrons. The summed E-state index contributed by atoms with van der Waals surface area (Å²) in [5.41, 5.74) is 7.15. The molecule has 0 bridgehead atoms. The molecule has 4 nitrogen and oxygen atoms in total. The minimum Gasteiger partial charge on any atom is -0.409 e. The number of amidine groups is 1. The zero-order chi connectivity index (χ0) is 13.5. The van der Waals surface area contributed by atoms with Gasteiger partial charge < -0.3 is 15.8 Å².